The molecular formula is C29H23BrClN5O. The molecule has 0 aliphatic heterocycles. The molecule has 2 heterocycles. The van der Waals surface area contributed by atoms with Crippen LogP contribution in [-0.4, -0.2) is 20.5 Å². The number of hydrogen-bond donors (Lipinski definition) is 2. The van der Waals surface area contributed by atoms with Crippen molar-refractivity contribution >= 4 is 50.6 Å². The Morgan fingerprint density at radius 3 is 2.57 bits per heavy atom. The number of benzene rings is 3. The summed E-state index contributed by atoms with van der Waals surface area (Å²) in [7, 11) is 0. The highest BCUT2D eigenvalue weighted by molar-refractivity contribution is 9.10. The third-order valence-electron chi connectivity index (χ3n) is 6.75. The van der Waals surface area contributed by atoms with Crippen LogP contribution in [0.5, 0.6) is 0 Å². The van der Waals surface area contributed by atoms with Crippen molar-refractivity contribution in [2.45, 2.75) is 24.8 Å². The number of aromatic nitrogens is 3. The Morgan fingerprint density at radius 2 is 1.78 bits per heavy atom. The van der Waals surface area contributed by atoms with Crippen LogP contribution in [0.3, 0.4) is 0 Å². The number of nitrogens with zero attached hydrogens (tertiary/aromatic N) is 3. The Balaban J connectivity index is 1.23. The van der Waals surface area contributed by atoms with Gasteiger partial charge in [0, 0.05) is 28.9 Å². The van der Waals surface area contributed by atoms with Crippen LogP contribution in [0.15, 0.2) is 95.6 Å². The second kappa shape index (κ2) is 9.65. The van der Waals surface area contributed by atoms with Gasteiger partial charge in [-0.15, -0.1) is 0 Å². The number of nitrogens with one attached hydrogen (secondary N) is 2. The van der Waals surface area contributed by atoms with Crippen molar-refractivity contribution in [2.24, 2.45) is 0 Å². The van der Waals surface area contributed by atoms with Crippen molar-refractivity contribution in [2.75, 3.05) is 10.6 Å². The van der Waals surface area contributed by atoms with Crippen molar-refractivity contribution in [3.05, 3.63) is 112 Å². The van der Waals surface area contributed by atoms with Crippen molar-refractivity contribution in [1.29, 1.82) is 0 Å². The first kappa shape index (κ1) is 23.7. The van der Waals surface area contributed by atoms with E-state index in [0.29, 0.717) is 17.2 Å². The Labute approximate surface area is 227 Å². The molecule has 8 heteroatoms. The van der Waals surface area contributed by atoms with Gasteiger partial charge >= 0.3 is 0 Å². The second-order valence-corrected chi connectivity index (χ2v) is 10.5. The number of amides is 1. The molecule has 5 aromatic rings. The molecule has 3 aromatic carbocycles. The lowest BCUT2D eigenvalue weighted by Gasteiger charge is -2.16. The number of halogens is 2. The minimum Gasteiger partial charge on any atom is -0.366 e. The summed E-state index contributed by atoms with van der Waals surface area (Å²) < 4.78 is 2.55. The topological polar surface area (TPSA) is 71.3 Å². The predicted octanol–water partition coefficient (Wildman–Crippen LogP) is 7.09. The number of anilines is 2. The van der Waals surface area contributed by atoms with E-state index in [4.69, 9.17) is 16.6 Å². The highest BCUT2D eigenvalue weighted by atomic mass is 79.9. The third-order valence-corrected chi connectivity index (χ3v) is 7.64. The van der Waals surface area contributed by atoms with E-state index in [2.05, 4.69) is 31.7 Å². The average Bonchev–Trinajstić information content (AvgIpc) is 3.66. The molecule has 0 atom stereocenters. The number of rotatable bonds is 7. The van der Waals surface area contributed by atoms with Gasteiger partial charge in [-0.05, 0) is 58.1 Å². The smallest absolute Gasteiger partial charge is 0.235 e. The average molecular weight is 573 g/mol. The van der Waals surface area contributed by atoms with E-state index < -0.39 is 5.41 Å². The molecule has 6 rings (SSSR count). The zero-order valence-corrected chi connectivity index (χ0v) is 22.1. The predicted molar refractivity (Wildman–Crippen MR) is 151 cm³/mol. The summed E-state index contributed by atoms with van der Waals surface area (Å²) in [6.07, 6.45) is 3.46. The maximum atomic E-state index is 13.2. The first-order valence-corrected chi connectivity index (χ1v) is 13.2. The van der Waals surface area contributed by atoms with Crippen molar-refractivity contribution in [3.63, 3.8) is 0 Å². The fourth-order valence-electron chi connectivity index (χ4n) is 4.60. The molecule has 184 valence electrons. The molecule has 0 spiro atoms. The summed E-state index contributed by atoms with van der Waals surface area (Å²) in [5.74, 6) is 0.825. The first-order valence-electron chi connectivity index (χ1n) is 12.0. The lowest BCUT2D eigenvalue weighted by molar-refractivity contribution is -0.118. The van der Waals surface area contributed by atoms with Crippen LogP contribution in [-0.2, 0) is 16.8 Å². The Kier molecular flexibility index (Phi) is 6.18. The van der Waals surface area contributed by atoms with Crippen LogP contribution in [0, 0.1) is 0 Å². The van der Waals surface area contributed by atoms with Crippen molar-refractivity contribution < 1.29 is 4.79 Å². The summed E-state index contributed by atoms with van der Waals surface area (Å²) in [6.45, 7) is 0.534. The molecule has 0 bridgehead atoms. The van der Waals surface area contributed by atoms with Crippen LogP contribution in [0.2, 0.25) is 5.02 Å². The minimum atomic E-state index is -0.416. The molecule has 37 heavy (non-hydrogen) atoms. The van der Waals surface area contributed by atoms with Crippen LogP contribution >= 0.6 is 27.5 Å². The van der Waals surface area contributed by atoms with E-state index in [1.54, 1.807) is 10.7 Å². The summed E-state index contributed by atoms with van der Waals surface area (Å²) >= 11 is 10.0. The van der Waals surface area contributed by atoms with Crippen LogP contribution < -0.4 is 10.6 Å². The van der Waals surface area contributed by atoms with Crippen molar-refractivity contribution in [3.8, 4) is 11.3 Å². The van der Waals surface area contributed by atoms with E-state index in [1.165, 1.54) is 0 Å². The molecule has 1 saturated carbocycles. The van der Waals surface area contributed by atoms with Gasteiger partial charge in [-0.1, -0.05) is 72.3 Å². The van der Waals surface area contributed by atoms with Gasteiger partial charge < -0.3 is 10.6 Å². The summed E-state index contributed by atoms with van der Waals surface area (Å²) in [5, 5.41) is 11.7. The fourth-order valence-corrected chi connectivity index (χ4v) is 5.18. The molecule has 0 radical (unpaired) electrons. The maximum absolute atomic E-state index is 13.2. The molecule has 6 nitrogen and oxygen atoms in total. The van der Waals surface area contributed by atoms with E-state index in [-0.39, 0.29) is 5.91 Å². The zero-order chi connectivity index (χ0) is 25.4. The van der Waals surface area contributed by atoms with Gasteiger partial charge in [-0.2, -0.15) is 9.61 Å². The molecule has 1 amide bonds. The summed E-state index contributed by atoms with van der Waals surface area (Å²) in [6, 6.07) is 27.5. The van der Waals surface area contributed by atoms with Gasteiger partial charge in [0.05, 0.1) is 21.8 Å². The lowest BCUT2D eigenvalue weighted by atomic mass is 9.95. The largest absolute Gasteiger partial charge is 0.366 e. The summed E-state index contributed by atoms with van der Waals surface area (Å²) in [5.41, 5.74) is 4.75. The fraction of sp³-hybridized carbons (Fsp3) is 0.138. The van der Waals surface area contributed by atoms with Gasteiger partial charge in [0.2, 0.25) is 5.91 Å². The molecule has 1 aliphatic rings. The summed E-state index contributed by atoms with van der Waals surface area (Å²) in [4.78, 5) is 17.9. The Bertz CT molecular complexity index is 1610. The molecule has 0 unspecified atom stereocenters. The number of fused-ring (bicyclic) bond motifs is 1. The molecular weight excluding hydrogens is 550 g/mol. The molecule has 0 saturated heterocycles. The van der Waals surface area contributed by atoms with Gasteiger partial charge in [-0.3, -0.25) is 4.79 Å². The standard InChI is InChI=1S/C29H23BrClN5O/c30-23-18-33-36-26(16-25(35-27(23)36)22-11-4-5-12-24(22)31)32-17-19-7-6-10-21(15-19)34-28(37)29(13-14-29)20-8-2-1-3-9-20/h1-12,15-16,18,32H,13-14,17H2,(H,34,37). The number of carbonyl (C=O) groups is 1. The highest BCUT2D eigenvalue weighted by Crippen LogP contribution is 2.49. The molecule has 1 aliphatic carbocycles. The zero-order valence-electron chi connectivity index (χ0n) is 19.8. The van der Waals surface area contributed by atoms with E-state index in [0.717, 1.165) is 51.2 Å². The monoisotopic (exact) mass is 571 g/mol. The minimum absolute atomic E-state index is 0.0467. The SMILES string of the molecule is O=C(Nc1cccc(CNc2cc(-c3ccccc3Cl)nc3c(Br)cnn23)c1)C1(c2ccccc2)CC1. The van der Waals surface area contributed by atoms with Gasteiger partial charge in [-0.25, -0.2) is 4.98 Å². The normalized spacial score (nSPS) is 13.9. The number of carbonyl (C=O) groups excluding carboxylic acids is 1. The third kappa shape index (κ3) is 4.61. The van der Waals surface area contributed by atoms with Gasteiger partial charge in [0.1, 0.15) is 5.82 Å². The van der Waals surface area contributed by atoms with Crippen LogP contribution in [0.1, 0.15) is 24.0 Å². The highest BCUT2D eigenvalue weighted by Gasteiger charge is 2.51. The van der Waals surface area contributed by atoms with E-state index in [9.17, 15) is 4.79 Å². The molecule has 2 N–H and O–H groups in total. The Morgan fingerprint density at radius 1 is 1.00 bits per heavy atom. The van der Waals surface area contributed by atoms with Crippen LogP contribution in [0.25, 0.3) is 16.9 Å². The Hall–Kier alpha value is -3.68. The van der Waals surface area contributed by atoms with E-state index >= 15 is 0 Å². The van der Waals surface area contributed by atoms with Crippen molar-refractivity contribution in [1.82, 2.24) is 14.6 Å². The lowest BCUT2D eigenvalue weighted by Crippen LogP contribution is -2.27. The maximum Gasteiger partial charge on any atom is 0.235 e. The van der Waals surface area contributed by atoms with Gasteiger partial charge in [0.15, 0.2) is 5.65 Å². The second-order valence-electron chi connectivity index (χ2n) is 9.19. The van der Waals surface area contributed by atoms with Crippen LogP contribution in [0.4, 0.5) is 11.5 Å². The molecule has 2 aromatic heterocycles. The molecule has 1 fully saturated rings. The van der Waals surface area contributed by atoms with E-state index in [1.807, 2.05) is 84.9 Å². The number of hydrogen-bond acceptors (Lipinski definition) is 4. The first-order chi connectivity index (χ1) is 18.0. The van der Waals surface area contributed by atoms with Gasteiger partial charge in [0.25, 0.3) is 0 Å². The quantitative estimate of drug-likeness (QED) is 0.218.